The Bertz CT molecular complexity index is 523. The van der Waals surface area contributed by atoms with E-state index in [0.717, 1.165) is 12.1 Å². The minimum absolute atomic E-state index is 0.0260. The summed E-state index contributed by atoms with van der Waals surface area (Å²) in [5, 5.41) is 8.95. The van der Waals surface area contributed by atoms with Gasteiger partial charge in [0.1, 0.15) is 23.1 Å². The van der Waals surface area contributed by atoms with Crippen LogP contribution in [0.2, 0.25) is 0 Å². The molecule has 0 fully saturated rings. The summed E-state index contributed by atoms with van der Waals surface area (Å²) in [7, 11) is 0. The highest BCUT2D eigenvalue weighted by Gasteiger charge is 2.16. The van der Waals surface area contributed by atoms with Crippen LogP contribution in [0.3, 0.4) is 0 Å². The summed E-state index contributed by atoms with van der Waals surface area (Å²) in [6, 6.07) is 4.11. The van der Waals surface area contributed by atoms with Crippen molar-refractivity contribution < 1.29 is 23.1 Å². The third-order valence-corrected chi connectivity index (χ3v) is 2.02. The van der Waals surface area contributed by atoms with Crippen LogP contribution < -0.4 is 0 Å². The maximum Gasteiger partial charge on any atom is 0.185 e. The molecule has 5 heteroatoms. The maximum atomic E-state index is 13.4. The van der Waals surface area contributed by atoms with Crippen molar-refractivity contribution in [3.8, 4) is 17.1 Å². The second-order valence-electron chi connectivity index (χ2n) is 3.10. The number of aldehydes is 1. The van der Waals surface area contributed by atoms with Gasteiger partial charge in [-0.15, -0.1) is 0 Å². The van der Waals surface area contributed by atoms with Gasteiger partial charge in [-0.05, 0) is 12.1 Å². The van der Waals surface area contributed by atoms with E-state index in [4.69, 9.17) is 9.52 Å². The molecule has 0 amide bonds. The molecule has 0 saturated carbocycles. The number of hydrogen-bond acceptors (Lipinski definition) is 3. The van der Waals surface area contributed by atoms with Crippen LogP contribution in [0.1, 0.15) is 10.6 Å². The van der Waals surface area contributed by atoms with Crippen LogP contribution >= 0.6 is 0 Å². The van der Waals surface area contributed by atoms with Gasteiger partial charge in [-0.25, -0.2) is 8.78 Å². The summed E-state index contributed by atoms with van der Waals surface area (Å²) < 4.78 is 31.6. The molecule has 0 saturated heterocycles. The summed E-state index contributed by atoms with van der Waals surface area (Å²) in [6.45, 7) is 0. The average molecular weight is 224 g/mol. The van der Waals surface area contributed by atoms with Gasteiger partial charge in [0.2, 0.25) is 0 Å². The molecular formula is C11H6F2O3. The molecule has 1 aromatic carbocycles. The van der Waals surface area contributed by atoms with Crippen LogP contribution in [0, 0.1) is 11.6 Å². The number of rotatable bonds is 2. The Kier molecular flexibility index (Phi) is 2.44. The highest BCUT2D eigenvalue weighted by Crippen LogP contribution is 2.30. The van der Waals surface area contributed by atoms with Gasteiger partial charge < -0.3 is 9.52 Å². The van der Waals surface area contributed by atoms with Crippen LogP contribution in [-0.2, 0) is 0 Å². The molecule has 0 unspecified atom stereocenters. The lowest BCUT2D eigenvalue weighted by Gasteiger charge is -2.02. The van der Waals surface area contributed by atoms with Crippen molar-refractivity contribution in [2.45, 2.75) is 0 Å². The van der Waals surface area contributed by atoms with Gasteiger partial charge in [-0.2, -0.15) is 0 Å². The van der Waals surface area contributed by atoms with Gasteiger partial charge in [-0.3, -0.25) is 4.79 Å². The first-order valence-electron chi connectivity index (χ1n) is 4.35. The molecular weight excluding hydrogens is 218 g/mol. The monoisotopic (exact) mass is 224 g/mol. The van der Waals surface area contributed by atoms with Crippen LogP contribution in [0.4, 0.5) is 8.78 Å². The Balaban J connectivity index is 2.59. The standard InChI is InChI=1S/C11H6F2O3/c12-8-3-6(15)4-9(13)11(8)10-2-1-7(5-14)16-10/h1-5,15H. The molecule has 0 aliphatic heterocycles. The molecule has 3 nitrogen and oxygen atoms in total. The number of benzene rings is 1. The van der Waals surface area contributed by atoms with Crippen molar-refractivity contribution in [1.29, 1.82) is 0 Å². The number of phenolic OH excluding ortho intramolecular Hbond substituents is 1. The minimum Gasteiger partial charge on any atom is -0.508 e. The molecule has 1 N–H and O–H groups in total. The third-order valence-electron chi connectivity index (χ3n) is 2.02. The van der Waals surface area contributed by atoms with E-state index in [9.17, 15) is 13.6 Å². The number of carbonyl (C=O) groups is 1. The van der Waals surface area contributed by atoms with Gasteiger partial charge in [0.15, 0.2) is 12.0 Å². The fourth-order valence-corrected chi connectivity index (χ4v) is 1.35. The second kappa shape index (κ2) is 3.77. The Morgan fingerprint density at radius 2 is 1.81 bits per heavy atom. The Morgan fingerprint density at radius 3 is 2.31 bits per heavy atom. The summed E-state index contributed by atoms with van der Waals surface area (Å²) in [5.41, 5.74) is -0.411. The second-order valence-corrected chi connectivity index (χ2v) is 3.10. The van der Waals surface area contributed by atoms with Crippen molar-refractivity contribution in [2.75, 3.05) is 0 Å². The fraction of sp³-hybridized carbons (Fsp3) is 0. The highest BCUT2D eigenvalue weighted by molar-refractivity contribution is 5.73. The van der Waals surface area contributed by atoms with Gasteiger partial charge >= 0.3 is 0 Å². The zero-order valence-corrected chi connectivity index (χ0v) is 7.91. The first-order valence-corrected chi connectivity index (χ1v) is 4.35. The number of hydrogen-bond donors (Lipinski definition) is 1. The van der Waals surface area contributed by atoms with E-state index >= 15 is 0 Å². The molecule has 2 aromatic rings. The molecule has 0 radical (unpaired) electrons. The lowest BCUT2D eigenvalue weighted by molar-refractivity contribution is 0.110. The van der Waals surface area contributed by atoms with Gasteiger partial charge in [0.05, 0.1) is 5.56 Å². The number of carbonyl (C=O) groups excluding carboxylic acids is 1. The van der Waals surface area contributed by atoms with Crippen molar-refractivity contribution >= 4 is 6.29 Å². The van der Waals surface area contributed by atoms with E-state index in [1.165, 1.54) is 12.1 Å². The summed E-state index contributed by atoms with van der Waals surface area (Å²) >= 11 is 0. The van der Waals surface area contributed by atoms with Crippen molar-refractivity contribution in [3.63, 3.8) is 0 Å². The van der Waals surface area contributed by atoms with Gasteiger partial charge in [-0.1, -0.05) is 0 Å². The van der Waals surface area contributed by atoms with E-state index in [2.05, 4.69) is 0 Å². The average Bonchev–Trinajstić information content (AvgIpc) is 2.64. The quantitative estimate of drug-likeness (QED) is 0.798. The van der Waals surface area contributed by atoms with E-state index in [0.29, 0.717) is 6.29 Å². The van der Waals surface area contributed by atoms with E-state index < -0.39 is 22.9 Å². The molecule has 82 valence electrons. The molecule has 0 bridgehead atoms. The predicted molar refractivity (Wildman–Crippen MR) is 51.1 cm³/mol. The molecule has 0 atom stereocenters. The summed E-state index contributed by atoms with van der Waals surface area (Å²) in [4.78, 5) is 10.4. The Hall–Kier alpha value is -2.17. The normalized spacial score (nSPS) is 10.4. The molecule has 0 spiro atoms. The third kappa shape index (κ3) is 1.67. The topological polar surface area (TPSA) is 50.4 Å². The smallest absolute Gasteiger partial charge is 0.185 e. The Labute approximate surface area is 88.9 Å². The first-order chi connectivity index (χ1) is 7.61. The van der Waals surface area contributed by atoms with Crippen molar-refractivity contribution in [1.82, 2.24) is 0 Å². The van der Waals surface area contributed by atoms with E-state index in [1.807, 2.05) is 0 Å². The number of phenols is 1. The van der Waals surface area contributed by atoms with Crippen LogP contribution in [0.15, 0.2) is 28.7 Å². The van der Waals surface area contributed by atoms with Crippen LogP contribution in [0.25, 0.3) is 11.3 Å². The lowest BCUT2D eigenvalue weighted by atomic mass is 10.1. The minimum atomic E-state index is -0.954. The largest absolute Gasteiger partial charge is 0.508 e. The number of halogens is 2. The van der Waals surface area contributed by atoms with Gasteiger partial charge in [0, 0.05) is 12.1 Å². The Morgan fingerprint density at radius 1 is 1.19 bits per heavy atom. The highest BCUT2D eigenvalue weighted by atomic mass is 19.1. The molecule has 0 aliphatic carbocycles. The molecule has 16 heavy (non-hydrogen) atoms. The van der Waals surface area contributed by atoms with Crippen LogP contribution in [-0.4, -0.2) is 11.4 Å². The molecule has 1 aromatic heterocycles. The molecule has 1 heterocycles. The molecule has 2 rings (SSSR count). The van der Waals surface area contributed by atoms with Crippen molar-refractivity contribution in [2.24, 2.45) is 0 Å². The molecule has 0 aliphatic rings. The number of furan rings is 1. The predicted octanol–water partition coefficient (Wildman–Crippen LogP) is 2.74. The summed E-state index contributed by atoms with van der Waals surface area (Å²) in [5.74, 6) is -2.55. The fourth-order valence-electron chi connectivity index (χ4n) is 1.35. The number of aromatic hydroxyl groups is 1. The zero-order chi connectivity index (χ0) is 11.7. The lowest BCUT2D eigenvalue weighted by Crippen LogP contribution is -1.88. The zero-order valence-electron chi connectivity index (χ0n) is 7.91. The van der Waals surface area contributed by atoms with E-state index in [-0.39, 0.29) is 11.5 Å². The van der Waals surface area contributed by atoms with Crippen molar-refractivity contribution in [3.05, 3.63) is 41.7 Å². The van der Waals surface area contributed by atoms with E-state index in [1.54, 1.807) is 0 Å². The van der Waals surface area contributed by atoms with Gasteiger partial charge in [0.25, 0.3) is 0 Å². The SMILES string of the molecule is O=Cc1ccc(-c2c(F)cc(O)cc2F)o1. The first kappa shape index (κ1) is 10.4. The maximum absolute atomic E-state index is 13.4. The van der Waals surface area contributed by atoms with Crippen LogP contribution in [0.5, 0.6) is 5.75 Å². The summed E-state index contributed by atoms with van der Waals surface area (Å²) in [6.07, 6.45) is 0.430.